The monoisotopic (exact) mass is 244 g/mol. The number of nitrogens with two attached hydrogens (primary N) is 1. The summed E-state index contributed by atoms with van der Waals surface area (Å²) < 4.78 is 0. The zero-order valence-corrected chi connectivity index (χ0v) is 10.9. The number of carboxylic acids is 1. The second-order valence-corrected chi connectivity index (χ2v) is 4.75. The van der Waals surface area contributed by atoms with Gasteiger partial charge in [-0.2, -0.15) is 0 Å². The number of aliphatic carboxylic acids is 1. The van der Waals surface area contributed by atoms with Crippen LogP contribution in [0.3, 0.4) is 0 Å². The van der Waals surface area contributed by atoms with Crippen LogP contribution in [0.25, 0.3) is 0 Å². The van der Waals surface area contributed by atoms with Gasteiger partial charge < -0.3 is 16.2 Å². The van der Waals surface area contributed by atoms with Crippen LogP contribution >= 0.6 is 0 Å². The largest absolute Gasteiger partial charge is 0.480 e. The van der Waals surface area contributed by atoms with Crippen molar-refractivity contribution in [3.8, 4) is 0 Å². The van der Waals surface area contributed by atoms with Crippen molar-refractivity contribution < 1.29 is 14.7 Å². The third kappa shape index (κ3) is 6.26. The highest BCUT2D eigenvalue weighted by atomic mass is 16.4. The molecule has 0 aliphatic carbocycles. The van der Waals surface area contributed by atoms with E-state index in [1.54, 1.807) is 0 Å². The Labute approximate surface area is 103 Å². The fourth-order valence-corrected chi connectivity index (χ4v) is 1.69. The van der Waals surface area contributed by atoms with E-state index in [1.807, 2.05) is 20.8 Å². The second-order valence-electron chi connectivity index (χ2n) is 4.75. The minimum Gasteiger partial charge on any atom is -0.480 e. The molecule has 0 bridgehead atoms. The first-order valence-electron chi connectivity index (χ1n) is 6.15. The molecule has 2 atom stereocenters. The maximum Gasteiger partial charge on any atom is 0.326 e. The van der Waals surface area contributed by atoms with Gasteiger partial charge in [-0.25, -0.2) is 4.79 Å². The van der Waals surface area contributed by atoms with Gasteiger partial charge in [-0.1, -0.05) is 27.2 Å². The van der Waals surface area contributed by atoms with Crippen LogP contribution in [-0.2, 0) is 9.59 Å². The van der Waals surface area contributed by atoms with Crippen LogP contribution in [0.5, 0.6) is 0 Å². The summed E-state index contributed by atoms with van der Waals surface area (Å²) in [7, 11) is 0. The van der Waals surface area contributed by atoms with E-state index in [0.717, 1.165) is 6.42 Å². The molecule has 4 N–H and O–H groups in total. The molecule has 0 fully saturated rings. The summed E-state index contributed by atoms with van der Waals surface area (Å²) in [4.78, 5) is 22.8. The molecule has 0 aliphatic rings. The molecule has 5 heteroatoms. The zero-order valence-electron chi connectivity index (χ0n) is 10.9. The van der Waals surface area contributed by atoms with E-state index in [9.17, 15) is 9.59 Å². The first-order valence-corrected chi connectivity index (χ1v) is 6.15. The Morgan fingerprint density at radius 1 is 1.35 bits per heavy atom. The minimum atomic E-state index is -0.987. The Morgan fingerprint density at radius 2 is 1.94 bits per heavy atom. The second kappa shape index (κ2) is 8.06. The van der Waals surface area contributed by atoms with Gasteiger partial charge >= 0.3 is 5.97 Å². The molecule has 0 aromatic heterocycles. The van der Waals surface area contributed by atoms with Crippen LogP contribution in [0.15, 0.2) is 0 Å². The van der Waals surface area contributed by atoms with Gasteiger partial charge in [-0.15, -0.1) is 0 Å². The van der Waals surface area contributed by atoms with Crippen molar-refractivity contribution in [1.82, 2.24) is 5.32 Å². The topological polar surface area (TPSA) is 92.4 Å². The predicted octanol–water partition coefficient (Wildman–Crippen LogP) is 0.977. The molecule has 0 aliphatic heterocycles. The number of carboxylic acid groups (broad SMARTS) is 1. The lowest BCUT2D eigenvalue weighted by Crippen LogP contribution is -2.45. The van der Waals surface area contributed by atoms with E-state index < -0.39 is 12.0 Å². The highest BCUT2D eigenvalue weighted by Gasteiger charge is 2.24. The van der Waals surface area contributed by atoms with Gasteiger partial charge in [0.05, 0.1) is 5.92 Å². The van der Waals surface area contributed by atoms with Crippen LogP contribution in [0.1, 0.15) is 40.0 Å². The molecular formula is C12H24N2O3. The van der Waals surface area contributed by atoms with E-state index in [-0.39, 0.29) is 24.3 Å². The standard InChI is InChI=1S/C12H24N2O3/c1-4-5-9(7-13)11(15)14-10(12(16)17)6-8(2)3/h8-10H,4-7,13H2,1-3H3,(H,14,15)(H,16,17)/t9?,10-/m0/s1. The van der Waals surface area contributed by atoms with Gasteiger partial charge in [-0.3, -0.25) is 4.79 Å². The number of amides is 1. The first-order chi connectivity index (χ1) is 7.92. The quantitative estimate of drug-likeness (QED) is 0.593. The fraction of sp³-hybridized carbons (Fsp3) is 0.833. The van der Waals surface area contributed by atoms with Crippen LogP contribution in [0.2, 0.25) is 0 Å². The van der Waals surface area contributed by atoms with E-state index >= 15 is 0 Å². The predicted molar refractivity (Wildman–Crippen MR) is 66.5 cm³/mol. The van der Waals surface area contributed by atoms with Gasteiger partial charge in [0, 0.05) is 6.54 Å². The van der Waals surface area contributed by atoms with Gasteiger partial charge in [0.15, 0.2) is 0 Å². The van der Waals surface area contributed by atoms with Crippen molar-refractivity contribution in [1.29, 1.82) is 0 Å². The molecule has 0 radical (unpaired) electrons. The SMILES string of the molecule is CCCC(CN)C(=O)N[C@@H](CC(C)C)C(=O)O. The summed E-state index contributed by atoms with van der Waals surface area (Å²) in [5.41, 5.74) is 5.50. The Balaban J connectivity index is 4.42. The maximum absolute atomic E-state index is 11.8. The number of carbonyl (C=O) groups excluding carboxylic acids is 1. The molecule has 17 heavy (non-hydrogen) atoms. The van der Waals surface area contributed by atoms with Crippen molar-refractivity contribution in [2.24, 2.45) is 17.6 Å². The average Bonchev–Trinajstić information content (AvgIpc) is 2.23. The molecule has 1 amide bonds. The Hall–Kier alpha value is -1.10. The summed E-state index contributed by atoms with van der Waals surface area (Å²) in [6.45, 7) is 6.08. The smallest absolute Gasteiger partial charge is 0.326 e. The molecule has 5 nitrogen and oxygen atoms in total. The lowest BCUT2D eigenvalue weighted by Gasteiger charge is -2.20. The average molecular weight is 244 g/mol. The maximum atomic E-state index is 11.8. The van der Waals surface area contributed by atoms with Crippen molar-refractivity contribution in [3.05, 3.63) is 0 Å². The molecule has 0 spiro atoms. The van der Waals surface area contributed by atoms with E-state index in [2.05, 4.69) is 5.32 Å². The lowest BCUT2D eigenvalue weighted by molar-refractivity contribution is -0.143. The van der Waals surface area contributed by atoms with Gasteiger partial charge in [0.25, 0.3) is 0 Å². The van der Waals surface area contributed by atoms with Crippen molar-refractivity contribution >= 4 is 11.9 Å². The van der Waals surface area contributed by atoms with Gasteiger partial charge in [0.1, 0.15) is 6.04 Å². The zero-order chi connectivity index (χ0) is 13.4. The molecule has 0 aromatic carbocycles. The summed E-state index contributed by atoms with van der Waals surface area (Å²) in [5.74, 6) is -1.30. The Bertz CT molecular complexity index is 254. The Kier molecular flexibility index (Phi) is 7.54. The summed E-state index contributed by atoms with van der Waals surface area (Å²) in [5, 5.41) is 11.6. The van der Waals surface area contributed by atoms with E-state index in [1.165, 1.54) is 0 Å². The molecule has 0 saturated carbocycles. The molecule has 0 heterocycles. The van der Waals surface area contributed by atoms with Crippen LogP contribution in [0, 0.1) is 11.8 Å². The van der Waals surface area contributed by atoms with Gasteiger partial charge in [-0.05, 0) is 18.8 Å². The summed E-state index contributed by atoms with van der Waals surface area (Å²) >= 11 is 0. The van der Waals surface area contributed by atoms with Crippen molar-refractivity contribution in [2.75, 3.05) is 6.54 Å². The number of rotatable bonds is 8. The minimum absolute atomic E-state index is 0.221. The molecular weight excluding hydrogens is 220 g/mol. The van der Waals surface area contributed by atoms with Crippen molar-refractivity contribution in [3.63, 3.8) is 0 Å². The number of carbonyl (C=O) groups is 2. The first kappa shape index (κ1) is 15.9. The van der Waals surface area contributed by atoms with Gasteiger partial charge in [0.2, 0.25) is 5.91 Å². The number of hydrogen-bond donors (Lipinski definition) is 3. The van der Waals surface area contributed by atoms with Crippen LogP contribution in [0.4, 0.5) is 0 Å². The highest BCUT2D eigenvalue weighted by Crippen LogP contribution is 2.09. The molecule has 1 unspecified atom stereocenters. The third-order valence-electron chi connectivity index (χ3n) is 2.61. The lowest BCUT2D eigenvalue weighted by atomic mass is 10.00. The van der Waals surface area contributed by atoms with Crippen LogP contribution in [-0.4, -0.2) is 29.6 Å². The van der Waals surface area contributed by atoms with Crippen LogP contribution < -0.4 is 11.1 Å². The highest BCUT2D eigenvalue weighted by molar-refractivity contribution is 5.85. The number of nitrogens with one attached hydrogen (secondary N) is 1. The third-order valence-corrected chi connectivity index (χ3v) is 2.61. The molecule has 100 valence electrons. The number of hydrogen-bond acceptors (Lipinski definition) is 3. The van der Waals surface area contributed by atoms with E-state index in [0.29, 0.717) is 12.8 Å². The van der Waals surface area contributed by atoms with E-state index in [4.69, 9.17) is 10.8 Å². The molecule has 0 rings (SSSR count). The summed E-state index contributed by atoms with van der Waals surface area (Å²) in [6.07, 6.45) is 1.98. The fourth-order valence-electron chi connectivity index (χ4n) is 1.69. The van der Waals surface area contributed by atoms with Crippen molar-refractivity contribution in [2.45, 2.75) is 46.1 Å². The molecule has 0 saturated heterocycles. The summed E-state index contributed by atoms with van der Waals surface area (Å²) in [6, 6.07) is -0.812. The normalized spacial score (nSPS) is 14.4. The Morgan fingerprint density at radius 3 is 2.29 bits per heavy atom. The molecule has 0 aromatic rings.